The first-order valence-corrected chi connectivity index (χ1v) is 11.0. The Labute approximate surface area is 149 Å². The molecule has 4 rings (SSSR count). The van der Waals surface area contributed by atoms with Crippen molar-refractivity contribution in [2.45, 2.75) is 4.90 Å². The molecule has 26 heavy (non-hydrogen) atoms. The van der Waals surface area contributed by atoms with Gasteiger partial charge in [-0.3, -0.25) is 4.52 Å². The van der Waals surface area contributed by atoms with Crippen molar-refractivity contribution < 1.29 is 27.3 Å². The maximum Gasteiger partial charge on any atom is 0.469 e. The predicted molar refractivity (Wildman–Crippen MR) is 100 cm³/mol. The standard InChI is InChI=1S/C18H15O6PS/c19-25(20,21)24-10-11-26(22,23)16-9-7-14-5-4-12-2-1-3-13-6-8-15(16)18(14)17(12)13/h1-9H,10-11H2,(H2,19,20,21). The molecule has 0 unspecified atom stereocenters. The Kier molecular flexibility index (Phi) is 4.02. The Morgan fingerprint density at radius 3 is 2.08 bits per heavy atom. The van der Waals surface area contributed by atoms with E-state index in [0.29, 0.717) is 5.39 Å². The lowest BCUT2D eigenvalue weighted by atomic mass is 9.94. The largest absolute Gasteiger partial charge is 0.469 e. The van der Waals surface area contributed by atoms with Crippen LogP contribution >= 0.6 is 7.82 Å². The van der Waals surface area contributed by atoms with Crippen molar-refractivity contribution >= 4 is 50.0 Å². The summed E-state index contributed by atoms with van der Waals surface area (Å²) in [6.07, 6.45) is 0. The molecule has 134 valence electrons. The first-order valence-electron chi connectivity index (χ1n) is 7.86. The summed E-state index contributed by atoms with van der Waals surface area (Å²) in [6.45, 7) is -0.575. The molecular formula is C18H15O6PS. The zero-order valence-electron chi connectivity index (χ0n) is 13.5. The molecule has 0 aliphatic rings. The Morgan fingerprint density at radius 2 is 1.42 bits per heavy atom. The van der Waals surface area contributed by atoms with Crippen LogP contribution in [0.5, 0.6) is 0 Å². The molecule has 0 aliphatic carbocycles. The van der Waals surface area contributed by atoms with E-state index in [1.54, 1.807) is 12.1 Å². The van der Waals surface area contributed by atoms with E-state index in [1.807, 2.05) is 36.4 Å². The molecule has 0 aliphatic heterocycles. The van der Waals surface area contributed by atoms with Crippen LogP contribution < -0.4 is 0 Å². The second-order valence-corrected chi connectivity index (χ2v) is 9.38. The van der Waals surface area contributed by atoms with Crippen LogP contribution in [0.1, 0.15) is 0 Å². The number of sulfone groups is 1. The summed E-state index contributed by atoms with van der Waals surface area (Å²) in [5.41, 5.74) is 0. The molecule has 4 aromatic carbocycles. The molecule has 8 heteroatoms. The first kappa shape index (κ1) is 17.4. The third-order valence-corrected chi connectivity index (χ3v) is 6.68. The van der Waals surface area contributed by atoms with Gasteiger partial charge in [0.1, 0.15) is 0 Å². The minimum absolute atomic E-state index is 0.137. The number of phosphoric ester groups is 1. The number of phosphoric acid groups is 1. The fourth-order valence-electron chi connectivity index (χ4n) is 3.36. The molecule has 0 spiro atoms. The molecule has 0 atom stereocenters. The summed E-state index contributed by atoms with van der Waals surface area (Å²) < 4.78 is 40.5. The van der Waals surface area contributed by atoms with Crippen LogP contribution in [-0.4, -0.2) is 30.6 Å². The van der Waals surface area contributed by atoms with E-state index in [9.17, 15) is 13.0 Å². The van der Waals surface area contributed by atoms with Gasteiger partial charge in [-0.2, -0.15) is 0 Å². The average molecular weight is 390 g/mol. The van der Waals surface area contributed by atoms with Gasteiger partial charge < -0.3 is 9.79 Å². The van der Waals surface area contributed by atoms with Crippen molar-refractivity contribution in [3.8, 4) is 0 Å². The van der Waals surface area contributed by atoms with E-state index >= 15 is 0 Å². The number of rotatable bonds is 5. The molecule has 0 saturated carbocycles. The minimum Gasteiger partial charge on any atom is -0.303 e. The van der Waals surface area contributed by atoms with Crippen LogP contribution in [-0.2, 0) is 18.9 Å². The molecule has 0 fully saturated rings. The van der Waals surface area contributed by atoms with Gasteiger partial charge in [0.15, 0.2) is 9.84 Å². The average Bonchev–Trinajstić information content (AvgIpc) is 2.58. The highest BCUT2D eigenvalue weighted by Crippen LogP contribution is 2.38. The molecule has 0 amide bonds. The van der Waals surface area contributed by atoms with Crippen molar-refractivity contribution in [3.05, 3.63) is 54.6 Å². The molecule has 0 bridgehead atoms. The number of hydrogen-bond donors (Lipinski definition) is 2. The monoisotopic (exact) mass is 390 g/mol. The third kappa shape index (κ3) is 2.98. The predicted octanol–water partition coefficient (Wildman–Crippen LogP) is 3.47. The van der Waals surface area contributed by atoms with Crippen molar-refractivity contribution in [2.75, 3.05) is 12.4 Å². The molecular weight excluding hydrogens is 375 g/mol. The van der Waals surface area contributed by atoms with Gasteiger partial charge in [0, 0.05) is 5.39 Å². The van der Waals surface area contributed by atoms with Gasteiger partial charge in [-0.05, 0) is 33.0 Å². The zero-order chi connectivity index (χ0) is 18.5. The van der Waals surface area contributed by atoms with Crippen molar-refractivity contribution in [3.63, 3.8) is 0 Å². The first-order chi connectivity index (χ1) is 12.3. The third-order valence-electron chi connectivity index (χ3n) is 4.44. The normalized spacial score (nSPS) is 13.2. The van der Waals surface area contributed by atoms with Gasteiger partial charge in [-0.1, -0.05) is 48.5 Å². The number of benzene rings is 4. The molecule has 6 nitrogen and oxygen atoms in total. The van der Waals surface area contributed by atoms with Gasteiger partial charge in [0.25, 0.3) is 0 Å². The van der Waals surface area contributed by atoms with E-state index < -0.39 is 30.0 Å². The Bertz CT molecular complexity index is 1260. The van der Waals surface area contributed by atoms with E-state index in [2.05, 4.69) is 4.52 Å². The van der Waals surface area contributed by atoms with E-state index in [0.717, 1.165) is 26.9 Å². The lowest BCUT2D eigenvalue weighted by Crippen LogP contribution is -2.12. The Balaban J connectivity index is 1.89. The second kappa shape index (κ2) is 6.01. The molecule has 2 N–H and O–H groups in total. The van der Waals surface area contributed by atoms with E-state index in [4.69, 9.17) is 9.79 Å². The topological polar surface area (TPSA) is 101 Å². The highest BCUT2D eigenvalue weighted by Gasteiger charge is 2.22. The van der Waals surface area contributed by atoms with Crippen LogP contribution in [0.2, 0.25) is 0 Å². The number of hydrogen-bond acceptors (Lipinski definition) is 4. The molecule has 4 aromatic rings. The molecule has 0 heterocycles. The fraction of sp³-hybridized carbons (Fsp3) is 0.111. The van der Waals surface area contributed by atoms with Crippen LogP contribution in [0.25, 0.3) is 32.3 Å². The van der Waals surface area contributed by atoms with Gasteiger partial charge >= 0.3 is 7.82 Å². The van der Waals surface area contributed by atoms with Crippen LogP contribution in [0.3, 0.4) is 0 Å². The lowest BCUT2D eigenvalue weighted by molar-refractivity contribution is 0.207. The fourth-order valence-corrected chi connectivity index (χ4v) is 5.11. The molecule has 0 radical (unpaired) electrons. The lowest BCUT2D eigenvalue weighted by Gasteiger charge is -2.14. The van der Waals surface area contributed by atoms with Gasteiger partial charge in [-0.25, -0.2) is 13.0 Å². The second-order valence-electron chi connectivity index (χ2n) is 6.06. The Morgan fingerprint density at radius 1 is 0.846 bits per heavy atom. The smallest absolute Gasteiger partial charge is 0.303 e. The maximum absolute atomic E-state index is 12.7. The summed E-state index contributed by atoms with van der Waals surface area (Å²) in [4.78, 5) is 17.6. The van der Waals surface area contributed by atoms with Gasteiger partial charge in [0.2, 0.25) is 0 Å². The Hall–Kier alpha value is -2.02. The van der Waals surface area contributed by atoms with Crippen LogP contribution in [0.15, 0.2) is 59.5 Å². The van der Waals surface area contributed by atoms with Crippen LogP contribution in [0.4, 0.5) is 0 Å². The SMILES string of the molecule is O=P(O)(O)OCCS(=O)(=O)c1ccc2ccc3cccc4ccc1c2c34. The summed E-state index contributed by atoms with van der Waals surface area (Å²) in [7, 11) is -8.48. The van der Waals surface area contributed by atoms with Gasteiger partial charge in [0.05, 0.1) is 17.3 Å². The quantitative estimate of drug-likeness (QED) is 0.400. The maximum atomic E-state index is 12.7. The summed E-state index contributed by atoms with van der Waals surface area (Å²) in [5, 5.41) is 5.47. The van der Waals surface area contributed by atoms with Crippen molar-refractivity contribution in [2.24, 2.45) is 0 Å². The zero-order valence-corrected chi connectivity index (χ0v) is 15.2. The van der Waals surface area contributed by atoms with Gasteiger partial charge in [-0.15, -0.1) is 0 Å². The highest BCUT2D eigenvalue weighted by atomic mass is 32.2. The minimum atomic E-state index is -4.70. The molecule has 0 saturated heterocycles. The summed E-state index contributed by atoms with van der Waals surface area (Å²) in [6, 6.07) is 16.8. The summed E-state index contributed by atoms with van der Waals surface area (Å²) >= 11 is 0. The molecule has 0 aromatic heterocycles. The van der Waals surface area contributed by atoms with E-state index in [1.165, 1.54) is 6.07 Å². The van der Waals surface area contributed by atoms with E-state index in [-0.39, 0.29) is 4.90 Å². The van der Waals surface area contributed by atoms with Crippen molar-refractivity contribution in [1.82, 2.24) is 0 Å². The highest BCUT2D eigenvalue weighted by molar-refractivity contribution is 7.91. The van der Waals surface area contributed by atoms with Crippen LogP contribution in [0, 0.1) is 0 Å². The van der Waals surface area contributed by atoms with Crippen molar-refractivity contribution in [1.29, 1.82) is 0 Å². The summed E-state index contributed by atoms with van der Waals surface area (Å²) in [5.74, 6) is -0.512.